The van der Waals surface area contributed by atoms with Crippen LogP contribution < -0.4 is 5.73 Å². The van der Waals surface area contributed by atoms with Gasteiger partial charge < -0.3 is 15.6 Å². The Hall–Kier alpha value is -1.13. The Morgan fingerprint density at radius 1 is 1.58 bits per heavy atom. The molecule has 1 rings (SSSR count). The first-order valence-corrected chi connectivity index (χ1v) is 3.41. The first-order chi connectivity index (χ1) is 5.66. The van der Waals surface area contributed by atoms with Crippen molar-refractivity contribution in [3.63, 3.8) is 0 Å². The van der Waals surface area contributed by atoms with Crippen LogP contribution in [0.15, 0.2) is 18.2 Å². The van der Waals surface area contributed by atoms with Crippen LogP contribution >= 0.6 is 0 Å². The molecule has 1 aromatic carbocycles. The Labute approximate surface area is 69.6 Å². The SMILES string of the molecule is COC(O)c1cccc(F)c1N. The van der Waals surface area contributed by atoms with Gasteiger partial charge in [0.1, 0.15) is 5.82 Å². The Kier molecular flexibility index (Phi) is 2.62. The van der Waals surface area contributed by atoms with Gasteiger partial charge in [-0.1, -0.05) is 12.1 Å². The fourth-order valence-electron chi connectivity index (χ4n) is 0.896. The number of nitrogen functional groups attached to an aromatic ring is 1. The standard InChI is InChI=1S/C8H10FNO2/c1-12-8(11)5-3-2-4-6(9)7(5)10/h2-4,8,11H,10H2,1H3. The van der Waals surface area contributed by atoms with E-state index in [1.165, 1.54) is 25.3 Å². The molecule has 0 saturated heterocycles. The van der Waals surface area contributed by atoms with E-state index in [9.17, 15) is 4.39 Å². The van der Waals surface area contributed by atoms with Gasteiger partial charge in [-0.3, -0.25) is 0 Å². The highest BCUT2D eigenvalue weighted by atomic mass is 19.1. The van der Waals surface area contributed by atoms with Crippen LogP contribution in [0.25, 0.3) is 0 Å². The van der Waals surface area contributed by atoms with Crippen LogP contribution in [0.5, 0.6) is 0 Å². The van der Waals surface area contributed by atoms with Crippen molar-refractivity contribution < 1.29 is 14.2 Å². The highest BCUT2D eigenvalue weighted by Crippen LogP contribution is 2.22. The van der Waals surface area contributed by atoms with Gasteiger partial charge in [0.25, 0.3) is 0 Å². The van der Waals surface area contributed by atoms with Gasteiger partial charge in [0.2, 0.25) is 0 Å². The monoisotopic (exact) mass is 171 g/mol. The average Bonchev–Trinajstić information content (AvgIpc) is 2.08. The molecule has 0 amide bonds. The molecule has 1 unspecified atom stereocenters. The lowest BCUT2D eigenvalue weighted by molar-refractivity contribution is -0.0765. The van der Waals surface area contributed by atoms with Gasteiger partial charge in [-0.25, -0.2) is 4.39 Å². The van der Waals surface area contributed by atoms with E-state index in [0.29, 0.717) is 0 Å². The van der Waals surface area contributed by atoms with Gasteiger partial charge in [0.15, 0.2) is 6.29 Å². The lowest BCUT2D eigenvalue weighted by Gasteiger charge is -2.11. The van der Waals surface area contributed by atoms with E-state index in [1.807, 2.05) is 0 Å². The maximum Gasteiger partial charge on any atom is 0.182 e. The molecule has 3 N–H and O–H groups in total. The predicted octanol–water partition coefficient (Wildman–Crippen LogP) is 1.05. The van der Waals surface area contributed by atoms with Crippen molar-refractivity contribution in [3.8, 4) is 0 Å². The van der Waals surface area contributed by atoms with Crippen molar-refractivity contribution in [2.75, 3.05) is 12.8 Å². The molecule has 3 nitrogen and oxygen atoms in total. The summed E-state index contributed by atoms with van der Waals surface area (Å²) in [5, 5.41) is 9.17. The lowest BCUT2D eigenvalue weighted by Crippen LogP contribution is -2.05. The van der Waals surface area contributed by atoms with Crippen LogP contribution in [0.3, 0.4) is 0 Å². The van der Waals surface area contributed by atoms with Crippen molar-refractivity contribution >= 4 is 5.69 Å². The summed E-state index contributed by atoms with van der Waals surface area (Å²) >= 11 is 0. The molecule has 0 radical (unpaired) electrons. The molecule has 0 bridgehead atoms. The summed E-state index contributed by atoms with van der Waals surface area (Å²) in [6.07, 6.45) is -1.17. The fraction of sp³-hybridized carbons (Fsp3) is 0.250. The van der Waals surface area contributed by atoms with E-state index >= 15 is 0 Å². The van der Waals surface area contributed by atoms with E-state index in [4.69, 9.17) is 10.8 Å². The number of methoxy groups -OCH3 is 1. The lowest BCUT2D eigenvalue weighted by atomic mass is 10.1. The zero-order chi connectivity index (χ0) is 9.14. The quantitative estimate of drug-likeness (QED) is 0.516. The molecule has 0 aliphatic rings. The minimum absolute atomic E-state index is 0.0770. The molecule has 0 aliphatic carbocycles. The summed E-state index contributed by atoms with van der Waals surface area (Å²) in [5.41, 5.74) is 5.51. The molecule has 0 spiro atoms. The minimum atomic E-state index is -1.17. The molecule has 12 heavy (non-hydrogen) atoms. The Morgan fingerprint density at radius 2 is 2.25 bits per heavy atom. The van der Waals surface area contributed by atoms with E-state index < -0.39 is 12.1 Å². The molecule has 0 fully saturated rings. The third kappa shape index (κ3) is 1.54. The third-order valence-corrected chi connectivity index (χ3v) is 1.58. The van der Waals surface area contributed by atoms with Gasteiger partial charge in [-0.05, 0) is 6.07 Å². The van der Waals surface area contributed by atoms with Gasteiger partial charge in [-0.2, -0.15) is 0 Å². The van der Waals surface area contributed by atoms with Crippen LogP contribution in [0.1, 0.15) is 11.9 Å². The number of halogens is 1. The summed E-state index contributed by atoms with van der Waals surface area (Å²) in [7, 11) is 1.31. The van der Waals surface area contributed by atoms with E-state index in [2.05, 4.69) is 4.74 Å². The summed E-state index contributed by atoms with van der Waals surface area (Å²) in [6, 6.07) is 4.19. The topological polar surface area (TPSA) is 55.5 Å². The number of benzene rings is 1. The van der Waals surface area contributed by atoms with Crippen LogP contribution in [0, 0.1) is 5.82 Å². The molecular weight excluding hydrogens is 161 g/mol. The minimum Gasteiger partial charge on any atom is -0.396 e. The Morgan fingerprint density at radius 3 is 2.83 bits per heavy atom. The first kappa shape index (κ1) is 8.96. The Balaban J connectivity index is 3.07. The van der Waals surface area contributed by atoms with Crippen LogP contribution in [-0.4, -0.2) is 12.2 Å². The highest BCUT2D eigenvalue weighted by molar-refractivity contribution is 5.48. The number of hydrogen-bond acceptors (Lipinski definition) is 3. The van der Waals surface area contributed by atoms with Crippen molar-refractivity contribution in [1.29, 1.82) is 0 Å². The normalized spacial score (nSPS) is 12.9. The number of rotatable bonds is 2. The summed E-state index contributed by atoms with van der Waals surface area (Å²) in [5.74, 6) is -0.552. The van der Waals surface area contributed by atoms with Crippen molar-refractivity contribution in [2.24, 2.45) is 0 Å². The molecule has 1 atom stereocenters. The second kappa shape index (κ2) is 3.51. The summed E-state index contributed by atoms with van der Waals surface area (Å²) in [4.78, 5) is 0. The second-order valence-corrected chi connectivity index (χ2v) is 2.33. The van der Waals surface area contributed by atoms with E-state index in [0.717, 1.165) is 0 Å². The number of aliphatic hydroxyl groups is 1. The molecule has 66 valence electrons. The average molecular weight is 171 g/mol. The molecule has 0 aromatic heterocycles. The molecule has 4 heteroatoms. The largest absolute Gasteiger partial charge is 0.396 e. The smallest absolute Gasteiger partial charge is 0.182 e. The van der Waals surface area contributed by atoms with Crippen molar-refractivity contribution in [2.45, 2.75) is 6.29 Å². The fourth-order valence-corrected chi connectivity index (χ4v) is 0.896. The molecule has 1 aromatic rings. The van der Waals surface area contributed by atoms with Crippen LogP contribution in [0.4, 0.5) is 10.1 Å². The molecule has 0 aliphatic heterocycles. The highest BCUT2D eigenvalue weighted by Gasteiger charge is 2.11. The zero-order valence-corrected chi connectivity index (χ0v) is 6.62. The molecule has 0 heterocycles. The number of nitrogens with two attached hydrogens (primary N) is 1. The maximum atomic E-state index is 12.8. The number of aliphatic hydroxyl groups excluding tert-OH is 1. The second-order valence-electron chi connectivity index (χ2n) is 2.33. The zero-order valence-electron chi connectivity index (χ0n) is 6.62. The van der Waals surface area contributed by atoms with Crippen molar-refractivity contribution in [3.05, 3.63) is 29.6 Å². The summed E-state index contributed by atoms with van der Waals surface area (Å²) < 4.78 is 17.4. The summed E-state index contributed by atoms with van der Waals surface area (Å²) in [6.45, 7) is 0. The van der Waals surface area contributed by atoms with Gasteiger partial charge in [0.05, 0.1) is 5.69 Å². The molecule has 0 saturated carbocycles. The van der Waals surface area contributed by atoms with Gasteiger partial charge in [0, 0.05) is 12.7 Å². The third-order valence-electron chi connectivity index (χ3n) is 1.58. The number of para-hydroxylation sites is 1. The number of anilines is 1. The van der Waals surface area contributed by atoms with Crippen LogP contribution in [0.2, 0.25) is 0 Å². The van der Waals surface area contributed by atoms with Gasteiger partial charge >= 0.3 is 0 Å². The predicted molar refractivity (Wildman–Crippen MR) is 42.8 cm³/mol. The molecular formula is C8H10FNO2. The Bertz CT molecular complexity index is 278. The van der Waals surface area contributed by atoms with Gasteiger partial charge in [-0.15, -0.1) is 0 Å². The van der Waals surface area contributed by atoms with Crippen molar-refractivity contribution in [1.82, 2.24) is 0 Å². The maximum absolute atomic E-state index is 12.8. The van der Waals surface area contributed by atoms with Crippen LogP contribution in [-0.2, 0) is 4.74 Å². The number of ether oxygens (including phenoxy) is 1. The van der Waals surface area contributed by atoms with E-state index in [-0.39, 0.29) is 11.3 Å². The number of hydrogen-bond donors (Lipinski definition) is 2. The first-order valence-electron chi connectivity index (χ1n) is 3.41. The van der Waals surface area contributed by atoms with E-state index in [1.54, 1.807) is 0 Å².